The van der Waals surface area contributed by atoms with Crippen molar-refractivity contribution in [1.29, 1.82) is 0 Å². The van der Waals surface area contributed by atoms with E-state index in [0.29, 0.717) is 39.4 Å². The number of hydrogen-bond donors (Lipinski definition) is 1. The SMILES string of the molecule is CCOc1cc(/C=C2/C(=O)NN(c3ccc(Cl)c(Cl)c3)C2=O)ccc1OCc1ccccc1Cl. The molecule has 0 aliphatic carbocycles. The summed E-state index contributed by atoms with van der Waals surface area (Å²) in [6.45, 7) is 2.53. The van der Waals surface area contributed by atoms with Gasteiger partial charge < -0.3 is 9.47 Å². The molecule has 4 rings (SSSR count). The van der Waals surface area contributed by atoms with Gasteiger partial charge >= 0.3 is 0 Å². The second kappa shape index (κ2) is 10.4. The predicted octanol–water partition coefficient (Wildman–Crippen LogP) is 6.09. The van der Waals surface area contributed by atoms with Crippen molar-refractivity contribution < 1.29 is 19.1 Å². The molecular formula is C25H19Cl3N2O4. The first-order valence-electron chi connectivity index (χ1n) is 10.3. The van der Waals surface area contributed by atoms with Gasteiger partial charge in [-0.15, -0.1) is 0 Å². The van der Waals surface area contributed by atoms with Gasteiger partial charge in [0, 0.05) is 10.6 Å². The van der Waals surface area contributed by atoms with Crippen LogP contribution in [0.25, 0.3) is 6.08 Å². The molecule has 0 atom stereocenters. The van der Waals surface area contributed by atoms with Crippen molar-refractivity contribution >= 4 is 58.4 Å². The maximum absolute atomic E-state index is 12.9. The van der Waals surface area contributed by atoms with Gasteiger partial charge in [0.15, 0.2) is 11.5 Å². The Hall–Kier alpha value is -3.19. The summed E-state index contributed by atoms with van der Waals surface area (Å²) in [5, 5.41) is 2.35. The zero-order chi connectivity index (χ0) is 24.2. The Bertz CT molecular complexity index is 1290. The zero-order valence-electron chi connectivity index (χ0n) is 18.0. The largest absolute Gasteiger partial charge is 0.490 e. The minimum absolute atomic E-state index is 0.0294. The molecule has 1 heterocycles. The van der Waals surface area contributed by atoms with E-state index in [4.69, 9.17) is 44.3 Å². The lowest BCUT2D eigenvalue weighted by atomic mass is 10.1. The summed E-state index contributed by atoms with van der Waals surface area (Å²) in [6, 6.07) is 17.2. The van der Waals surface area contributed by atoms with Crippen LogP contribution in [-0.4, -0.2) is 18.4 Å². The van der Waals surface area contributed by atoms with Crippen LogP contribution in [0, 0.1) is 0 Å². The Morgan fingerprint density at radius 2 is 1.68 bits per heavy atom. The highest BCUT2D eigenvalue weighted by Gasteiger charge is 2.34. The van der Waals surface area contributed by atoms with Gasteiger partial charge in [-0.2, -0.15) is 0 Å². The number of nitrogens with one attached hydrogen (secondary N) is 1. The number of carbonyl (C=O) groups excluding carboxylic acids is 2. The van der Waals surface area contributed by atoms with E-state index in [1.807, 2.05) is 25.1 Å². The maximum Gasteiger partial charge on any atom is 0.282 e. The van der Waals surface area contributed by atoms with Crippen LogP contribution in [0.4, 0.5) is 5.69 Å². The van der Waals surface area contributed by atoms with Crippen molar-refractivity contribution in [3.63, 3.8) is 0 Å². The molecule has 1 aliphatic rings. The normalized spacial score (nSPS) is 14.5. The fourth-order valence-electron chi connectivity index (χ4n) is 3.30. The van der Waals surface area contributed by atoms with Crippen LogP contribution >= 0.6 is 34.8 Å². The number of benzene rings is 3. The highest BCUT2D eigenvalue weighted by atomic mass is 35.5. The number of ether oxygens (including phenoxy) is 2. The molecule has 34 heavy (non-hydrogen) atoms. The Labute approximate surface area is 211 Å². The molecule has 0 bridgehead atoms. The molecule has 2 amide bonds. The minimum Gasteiger partial charge on any atom is -0.490 e. The second-order valence-corrected chi connectivity index (χ2v) is 8.48. The van der Waals surface area contributed by atoms with Gasteiger partial charge in [-0.05, 0) is 55.0 Å². The third kappa shape index (κ3) is 5.14. The monoisotopic (exact) mass is 516 g/mol. The second-order valence-electron chi connectivity index (χ2n) is 7.26. The van der Waals surface area contributed by atoms with Gasteiger partial charge in [-0.25, -0.2) is 5.01 Å². The smallest absolute Gasteiger partial charge is 0.282 e. The van der Waals surface area contributed by atoms with E-state index in [-0.39, 0.29) is 17.2 Å². The molecule has 9 heteroatoms. The highest BCUT2D eigenvalue weighted by molar-refractivity contribution is 6.42. The van der Waals surface area contributed by atoms with Gasteiger partial charge in [0.1, 0.15) is 12.2 Å². The summed E-state index contributed by atoms with van der Waals surface area (Å²) in [7, 11) is 0. The number of rotatable bonds is 7. The Morgan fingerprint density at radius 3 is 2.41 bits per heavy atom. The van der Waals surface area contributed by atoms with Crippen molar-refractivity contribution in [2.45, 2.75) is 13.5 Å². The van der Waals surface area contributed by atoms with Crippen molar-refractivity contribution in [3.8, 4) is 11.5 Å². The van der Waals surface area contributed by atoms with E-state index in [1.54, 1.807) is 36.4 Å². The Balaban J connectivity index is 1.57. The average Bonchev–Trinajstić information content (AvgIpc) is 3.10. The standard InChI is InChI=1S/C25H19Cl3N2O4/c1-2-33-23-12-15(7-10-22(23)34-14-16-5-3-4-6-19(16)26)11-18-24(31)29-30(25(18)32)17-8-9-20(27)21(28)13-17/h3-13H,2,14H2,1H3,(H,29,31)/b18-11-. The van der Waals surface area contributed by atoms with E-state index >= 15 is 0 Å². The molecule has 3 aromatic rings. The van der Waals surface area contributed by atoms with Gasteiger partial charge in [-0.3, -0.25) is 15.0 Å². The van der Waals surface area contributed by atoms with Crippen LogP contribution in [0.5, 0.6) is 11.5 Å². The third-order valence-electron chi connectivity index (χ3n) is 4.97. The number of hydrazine groups is 1. The molecule has 6 nitrogen and oxygen atoms in total. The maximum atomic E-state index is 12.9. The summed E-state index contributed by atoms with van der Waals surface area (Å²) in [5.74, 6) is -0.0480. The summed E-state index contributed by atoms with van der Waals surface area (Å²) in [4.78, 5) is 25.4. The Morgan fingerprint density at radius 1 is 0.882 bits per heavy atom. The van der Waals surface area contributed by atoms with Crippen LogP contribution < -0.4 is 19.9 Å². The number of anilines is 1. The van der Waals surface area contributed by atoms with Crippen molar-refractivity contribution in [2.75, 3.05) is 11.6 Å². The molecule has 3 aromatic carbocycles. The predicted molar refractivity (Wildman–Crippen MR) is 133 cm³/mol. The third-order valence-corrected chi connectivity index (χ3v) is 6.08. The molecule has 0 aromatic heterocycles. The fraction of sp³-hybridized carbons (Fsp3) is 0.120. The lowest BCUT2D eigenvalue weighted by molar-refractivity contribution is -0.117. The molecule has 0 spiro atoms. The Kier molecular flexibility index (Phi) is 7.32. The van der Waals surface area contributed by atoms with Crippen LogP contribution in [0.2, 0.25) is 15.1 Å². The summed E-state index contributed by atoms with van der Waals surface area (Å²) >= 11 is 18.2. The first-order chi connectivity index (χ1) is 16.4. The van der Waals surface area contributed by atoms with E-state index in [9.17, 15) is 9.59 Å². The number of carbonyl (C=O) groups is 2. The fourth-order valence-corrected chi connectivity index (χ4v) is 3.79. The highest BCUT2D eigenvalue weighted by Crippen LogP contribution is 2.32. The minimum atomic E-state index is -0.534. The topological polar surface area (TPSA) is 67.9 Å². The van der Waals surface area contributed by atoms with Crippen molar-refractivity contribution in [1.82, 2.24) is 5.43 Å². The molecule has 1 fully saturated rings. The molecule has 1 N–H and O–H groups in total. The number of hydrogen-bond acceptors (Lipinski definition) is 4. The van der Waals surface area contributed by atoms with E-state index < -0.39 is 11.8 Å². The number of nitrogens with zero attached hydrogens (tertiary/aromatic N) is 1. The van der Waals surface area contributed by atoms with Crippen molar-refractivity contribution in [3.05, 3.63) is 92.4 Å². The first kappa shape index (κ1) is 24.0. The molecule has 1 saturated heterocycles. The lowest BCUT2D eigenvalue weighted by Gasteiger charge is -2.15. The molecule has 0 radical (unpaired) electrons. The van der Waals surface area contributed by atoms with Gasteiger partial charge in [0.2, 0.25) is 0 Å². The van der Waals surface area contributed by atoms with Crippen LogP contribution in [0.1, 0.15) is 18.1 Å². The van der Waals surface area contributed by atoms with E-state index in [0.717, 1.165) is 10.6 Å². The van der Waals surface area contributed by atoms with Gasteiger partial charge in [0.05, 0.1) is 22.3 Å². The quantitative estimate of drug-likeness (QED) is 0.304. The van der Waals surface area contributed by atoms with Gasteiger partial charge in [0.25, 0.3) is 11.8 Å². The molecule has 0 saturated carbocycles. The lowest BCUT2D eigenvalue weighted by Crippen LogP contribution is -2.35. The van der Waals surface area contributed by atoms with E-state index in [1.165, 1.54) is 12.1 Å². The van der Waals surface area contributed by atoms with Crippen LogP contribution in [-0.2, 0) is 16.2 Å². The summed E-state index contributed by atoms with van der Waals surface area (Å²) < 4.78 is 11.6. The molecule has 0 unspecified atom stereocenters. The van der Waals surface area contributed by atoms with Gasteiger partial charge in [-0.1, -0.05) is 59.1 Å². The number of amides is 2. The van der Waals surface area contributed by atoms with Crippen molar-refractivity contribution in [2.24, 2.45) is 0 Å². The van der Waals surface area contributed by atoms with E-state index in [2.05, 4.69) is 5.43 Å². The first-order valence-corrected chi connectivity index (χ1v) is 11.5. The van der Waals surface area contributed by atoms with Crippen LogP contribution in [0.15, 0.2) is 66.2 Å². The average molecular weight is 518 g/mol. The summed E-state index contributed by atoms with van der Waals surface area (Å²) in [6.07, 6.45) is 1.50. The zero-order valence-corrected chi connectivity index (χ0v) is 20.2. The number of halogens is 3. The summed E-state index contributed by atoms with van der Waals surface area (Å²) in [5.41, 5.74) is 4.35. The van der Waals surface area contributed by atoms with Crippen LogP contribution in [0.3, 0.4) is 0 Å². The molecule has 1 aliphatic heterocycles. The molecule has 174 valence electrons. The molecular weight excluding hydrogens is 499 g/mol.